The van der Waals surface area contributed by atoms with Gasteiger partial charge in [-0.15, -0.1) is 0 Å². The first kappa shape index (κ1) is 10.5. The van der Waals surface area contributed by atoms with E-state index in [0.29, 0.717) is 11.1 Å². The molecule has 0 spiro atoms. The molecule has 0 aliphatic rings. The van der Waals surface area contributed by atoms with Crippen LogP contribution in [0.2, 0.25) is 0 Å². The van der Waals surface area contributed by atoms with E-state index >= 15 is 0 Å². The van der Waals surface area contributed by atoms with Gasteiger partial charge < -0.3 is 9.84 Å². The van der Waals surface area contributed by atoms with Crippen LogP contribution in [0.5, 0.6) is 5.75 Å². The number of ether oxygens (including phenoxy) is 1. The normalized spacial score (nSPS) is 10.2. The Morgan fingerprint density at radius 1 is 1.46 bits per heavy atom. The van der Waals surface area contributed by atoms with Crippen molar-refractivity contribution < 1.29 is 14.2 Å². The number of methoxy groups -OCH3 is 1. The van der Waals surface area contributed by atoms with Gasteiger partial charge in [-0.1, -0.05) is 15.9 Å². The summed E-state index contributed by atoms with van der Waals surface area (Å²) in [6.45, 7) is -0.315. The summed E-state index contributed by atoms with van der Waals surface area (Å²) in [6, 6.07) is 2.87. The van der Waals surface area contributed by atoms with Crippen molar-refractivity contribution >= 4 is 15.9 Å². The Morgan fingerprint density at radius 2 is 2.15 bits per heavy atom. The molecule has 72 valence electrons. The van der Waals surface area contributed by atoms with Gasteiger partial charge >= 0.3 is 0 Å². The fourth-order valence-corrected chi connectivity index (χ4v) is 1.49. The lowest BCUT2D eigenvalue weighted by molar-refractivity contribution is 0.274. The second-order valence-corrected chi connectivity index (χ2v) is 3.11. The number of halogens is 2. The molecule has 13 heavy (non-hydrogen) atoms. The predicted octanol–water partition coefficient (Wildman–Crippen LogP) is 2.22. The molecule has 0 saturated heterocycles. The van der Waals surface area contributed by atoms with Crippen molar-refractivity contribution in [2.24, 2.45) is 0 Å². The van der Waals surface area contributed by atoms with Crippen molar-refractivity contribution in [1.29, 1.82) is 0 Å². The summed E-state index contributed by atoms with van der Waals surface area (Å²) in [5, 5.41) is 9.32. The first-order valence-corrected chi connectivity index (χ1v) is 4.87. The average molecular weight is 249 g/mol. The van der Waals surface area contributed by atoms with Crippen LogP contribution < -0.4 is 4.74 Å². The van der Waals surface area contributed by atoms with Gasteiger partial charge in [0, 0.05) is 16.5 Å². The molecule has 0 aromatic heterocycles. The molecule has 0 saturated carbocycles. The first-order valence-electron chi connectivity index (χ1n) is 3.75. The summed E-state index contributed by atoms with van der Waals surface area (Å²) >= 11 is 3.22. The van der Waals surface area contributed by atoms with Gasteiger partial charge in [0.25, 0.3) is 0 Å². The van der Waals surface area contributed by atoms with Crippen molar-refractivity contribution in [2.45, 2.75) is 11.9 Å². The number of hydrogen-bond donors (Lipinski definition) is 1. The summed E-state index contributed by atoms with van der Waals surface area (Å²) < 4.78 is 18.1. The van der Waals surface area contributed by atoms with Gasteiger partial charge in [-0.05, 0) is 12.1 Å². The Bertz CT molecular complexity index is 302. The van der Waals surface area contributed by atoms with E-state index in [0.717, 1.165) is 5.56 Å². The highest BCUT2D eigenvalue weighted by atomic mass is 79.9. The van der Waals surface area contributed by atoms with Crippen LogP contribution in [-0.4, -0.2) is 12.2 Å². The van der Waals surface area contributed by atoms with E-state index in [9.17, 15) is 4.39 Å². The summed E-state index contributed by atoms with van der Waals surface area (Å²) in [7, 11) is 1.51. The van der Waals surface area contributed by atoms with Crippen molar-refractivity contribution in [3.05, 3.63) is 29.1 Å². The van der Waals surface area contributed by atoms with E-state index in [1.807, 2.05) is 0 Å². The van der Waals surface area contributed by atoms with E-state index in [-0.39, 0.29) is 12.2 Å². The molecule has 1 rings (SSSR count). The third kappa shape index (κ3) is 2.19. The monoisotopic (exact) mass is 248 g/mol. The van der Waals surface area contributed by atoms with Gasteiger partial charge in [0.2, 0.25) is 0 Å². The number of benzene rings is 1. The maximum atomic E-state index is 13.1. The van der Waals surface area contributed by atoms with Crippen LogP contribution in [0.3, 0.4) is 0 Å². The maximum Gasteiger partial charge on any atom is 0.129 e. The highest BCUT2D eigenvalue weighted by Crippen LogP contribution is 2.24. The van der Waals surface area contributed by atoms with Gasteiger partial charge in [-0.2, -0.15) is 0 Å². The van der Waals surface area contributed by atoms with Crippen LogP contribution >= 0.6 is 15.9 Å². The Kier molecular flexibility index (Phi) is 3.69. The lowest BCUT2D eigenvalue weighted by Gasteiger charge is -2.08. The molecule has 1 N–H and O–H groups in total. The average Bonchev–Trinajstić information content (AvgIpc) is 2.17. The van der Waals surface area contributed by atoms with Crippen LogP contribution in [0.15, 0.2) is 12.1 Å². The van der Waals surface area contributed by atoms with E-state index in [2.05, 4.69) is 15.9 Å². The van der Waals surface area contributed by atoms with Gasteiger partial charge in [-0.3, -0.25) is 0 Å². The summed E-state index contributed by atoms with van der Waals surface area (Å²) in [5.74, 6) is 0.181. The number of alkyl halides is 1. The summed E-state index contributed by atoms with van der Waals surface area (Å²) in [4.78, 5) is 0. The van der Waals surface area contributed by atoms with Crippen molar-refractivity contribution in [1.82, 2.24) is 0 Å². The van der Waals surface area contributed by atoms with Crippen molar-refractivity contribution in [2.75, 3.05) is 7.11 Å². The third-order valence-electron chi connectivity index (χ3n) is 1.76. The molecule has 0 heterocycles. The first-order chi connectivity index (χ1) is 6.22. The van der Waals surface area contributed by atoms with Crippen molar-refractivity contribution in [3.8, 4) is 5.75 Å². The minimum Gasteiger partial charge on any atom is -0.496 e. The molecule has 1 aromatic rings. The zero-order chi connectivity index (χ0) is 9.84. The summed E-state index contributed by atoms with van der Waals surface area (Å²) in [6.07, 6.45) is 0. The molecule has 0 fully saturated rings. The van der Waals surface area contributed by atoms with E-state index in [1.165, 1.54) is 19.2 Å². The minimum absolute atomic E-state index is 0.251. The molecule has 0 amide bonds. The van der Waals surface area contributed by atoms with Gasteiger partial charge in [0.1, 0.15) is 11.6 Å². The Labute approximate surface area is 84.5 Å². The second-order valence-electron chi connectivity index (χ2n) is 2.55. The standard InChI is InChI=1S/C9H10BrFO2/c1-13-9-3-7(5-12)8(11)2-6(9)4-10/h2-3,12H,4-5H2,1H3. The summed E-state index contributed by atoms with van der Waals surface area (Å²) in [5.41, 5.74) is 0.985. The lowest BCUT2D eigenvalue weighted by Crippen LogP contribution is -1.96. The fraction of sp³-hybridized carbons (Fsp3) is 0.333. The van der Waals surface area contributed by atoms with E-state index in [4.69, 9.17) is 9.84 Å². The number of rotatable bonds is 3. The fourth-order valence-electron chi connectivity index (χ4n) is 1.05. The maximum absolute atomic E-state index is 13.1. The van der Waals surface area contributed by atoms with Crippen LogP contribution in [0, 0.1) is 5.82 Å². The van der Waals surface area contributed by atoms with Crippen LogP contribution in [0.4, 0.5) is 4.39 Å². The van der Waals surface area contributed by atoms with E-state index in [1.54, 1.807) is 0 Å². The highest BCUT2D eigenvalue weighted by molar-refractivity contribution is 9.08. The zero-order valence-electron chi connectivity index (χ0n) is 7.18. The number of aliphatic hydroxyl groups excluding tert-OH is 1. The minimum atomic E-state index is -0.405. The molecule has 4 heteroatoms. The quantitative estimate of drug-likeness (QED) is 0.832. The topological polar surface area (TPSA) is 29.5 Å². The Morgan fingerprint density at radius 3 is 2.62 bits per heavy atom. The predicted molar refractivity (Wildman–Crippen MR) is 51.5 cm³/mol. The SMILES string of the molecule is COc1cc(CO)c(F)cc1CBr. The molecular weight excluding hydrogens is 239 g/mol. The zero-order valence-corrected chi connectivity index (χ0v) is 8.77. The Balaban J connectivity index is 3.18. The third-order valence-corrected chi connectivity index (χ3v) is 2.37. The van der Waals surface area contributed by atoms with Crippen LogP contribution in [0.25, 0.3) is 0 Å². The van der Waals surface area contributed by atoms with Crippen LogP contribution in [0.1, 0.15) is 11.1 Å². The van der Waals surface area contributed by atoms with Crippen molar-refractivity contribution in [3.63, 3.8) is 0 Å². The molecule has 1 aromatic carbocycles. The molecule has 0 atom stereocenters. The lowest BCUT2D eigenvalue weighted by atomic mass is 10.1. The van der Waals surface area contributed by atoms with E-state index < -0.39 is 5.82 Å². The molecule has 0 bridgehead atoms. The van der Waals surface area contributed by atoms with Gasteiger partial charge in [0.05, 0.1) is 13.7 Å². The number of hydrogen-bond acceptors (Lipinski definition) is 2. The highest BCUT2D eigenvalue weighted by Gasteiger charge is 2.08. The molecule has 0 radical (unpaired) electrons. The molecule has 2 nitrogen and oxygen atoms in total. The molecular formula is C9H10BrFO2. The molecule has 0 aliphatic heterocycles. The number of aliphatic hydroxyl groups is 1. The van der Waals surface area contributed by atoms with Gasteiger partial charge in [0.15, 0.2) is 0 Å². The van der Waals surface area contributed by atoms with Crippen LogP contribution in [-0.2, 0) is 11.9 Å². The molecule has 0 aliphatic carbocycles. The molecule has 0 unspecified atom stereocenters. The second kappa shape index (κ2) is 4.58. The smallest absolute Gasteiger partial charge is 0.129 e. The largest absolute Gasteiger partial charge is 0.496 e. The van der Waals surface area contributed by atoms with Gasteiger partial charge in [-0.25, -0.2) is 4.39 Å². The Hall–Kier alpha value is -0.610.